The average Bonchev–Trinajstić information content (AvgIpc) is 2.37. The highest BCUT2D eigenvalue weighted by Gasteiger charge is 2.54. The zero-order valence-electron chi connectivity index (χ0n) is 10.4. The number of ether oxygens (including phenoxy) is 1. The van der Waals surface area contributed by atoms with E-state index in [0.29, 0.717) is 7.14 Å². The van der Waals surface area contributed by atoms with E-state index >= 15 is 0 Å². The predicted octanol–water partition coefficient (Wildman–Crippen LogP) is 3.43. The second-order valence-corrected chi connectivity index (χ2v) is 8.86. The van der Waals surface area contributed by atoms with Crippen LogP contribution in [-0.4, -0.2) is 36.7 Å². The zero-order valence-corrected chi connectivity index (χ0v) is 17.7. The second kappa shape index (κ2) is 7.81. The standard InChI is InChI=1S/C10H5F4I3O5S/c11-8(12)7(10(13,14)23(19,20)21)22-9(18)4-1-3(15)2-5(16)6(4)17/h1-2,7-8H,(H,19,20,21)/p-1. The van der Waals surface area contributed by atoms with Crippen LogP contribution in [0.4, 0.5) is 17.6 Å². The van der Waals surface area contributed by atoms with Crippen LogP contribution in [0.1, 0.15) is 10.4 Å². The van der Waals surface area contributed by atoms with Gasteiger partial charge in [0.15, 0.2) is 10.1 Å². The Bertz CT molecular complexity index is 725. The van der Waals surface area contributed by atoms with Crippen molar-refractivity contribution in [1.82, 2.24) is 0 Å². The molecule has 0 saturated carbocycles. The van der Waals surface area contributed by atoms with E-state index in [2.05, 4.69) is 4.74 Å². The average molecular weight is 693 g/mol. The molecule has 1 unspecified atom stereocenters. The molecule has 0 fully saturated rings. The number of rotatable bonds is 5. The van der Waals surface area contributed by atoms with E-state index in [4.69, 9.17) is 0 Å². The van der Waals surface area contributed by atoms with Crippen molar-refractivity contribution >= 4 is 83.9 Å². The Morgan fingerprint density at radius 3 is 2.17 bits per heavy atom. The summed E-state index contributed by atoms with van der Waals surface area (Å²) >= 11 is 5.29. The van der Waals surface area contributed by atoms with Gasteiger partial charge in [-0.25, -0.2) is 22.0 Å². The van der Waals surface area contributed by atoms with Crippen molar-refractivity contribution in [3.05, 3.63) is 28.4 Å². The minimum atomic E-state index is -6.45. The molecule has 0 spiro atoms. The first kappa shape index (κ1) is 21.6. The van der Waals surface area contributed by atoms with Crippen LogP contribution in [0.25, 0.3) is 0 Å². The molecule has 5 nitrogen and oxygen atoms in total. The lowest BCUT2D eigenvalue weighted by molar-refractivity contribution is -0.125. The number of carbonyl (C=O) groups is 1. The van der Waals surface area contributed by atoms with E-state index < -0.39 is 33.9 Å². The highest BCUT2D eigenvalue weighted by Crippen LogP contribution is 2.32. The van der Waals surface area contributed by atoms with E-state index in [1.807, 2.05) is 22.6 Å². The molecule has 13 heteroatoms. The summed E-state index contributed by atoms with van der Waals surface area (Å²) < 4.78 is 88.6. The fourth-order valence-electron chi connectivity index (χ4n) is 1.29. The maximum absolute atomic E-state index is 13.3. The largest absolute Gasteiger partial charge is 0.743 e. The molecular formula is C10H4F4I3O5S-. The molecule has 0 heterocycles. The van der Waals surface area contributed by atoms with E-state index in [-0.39, 0.29) is 9.13 Å². The van der Waals surface area contributed by atoms with E-state index in [9.17, 15) is 35.3 Å². The lowest BCUT2D eigenvalue weighted by Crippen LogP contribution is -2.48. The first-order valence-corrected chi connectivity index (χ1v) is 9.90. The number of hydrogen-bond acceptors (Lipinski definition) is 5. The summed E-state index contributed by atoms with van der Waals surface area (Å²) in [5, 5.41) is -5.46. The molecule has 0 aliphatic rings. The van der Waals surface area contributed by atoms with Gasteiger partial charge in [0, 0.05) is 10.7 Å². The van der Waals surface area contributed by atoms with Gasteiger partial charge in [-0.15, -0.1) is 0 Å². The zero-order chi connectivity index (χ0) is 18.2. The van der Waals surface area contributed by atoms with Gasteiger partial charge < -0.3 is 9.29 Å². The summed E-state index contributed by atoms with van der Waals surface area (Å²) in [7, 11) is -6.45. The third-order valence-corrected chi connectivity index (χ3v) is 6.91. The maximum Gasteiger partial charge on any atom is 0.376 e. The Morgan fingerprint density at radius 2 is 1.74 bits per heavy atom. The molecule has 1 atom stereocenters. The molecular weight excluding hydrogens is 689 g/mol. The summed E-state index contributed by atoms with van der Waals surface area (Å²) in [5.74, 6) is -1.58. The first-order chi connectivity index (χ1) is 10.3. The number of benzene rings is 1. The molecule has 0 aromatic heterocycles. The van der Waals surface area contributed by atoms with Crippen LogP contribution in [0.2, 0.25) is 0 Å². The normalized spacial score (nSPS) is 14.0. The molecule has 130 valence electrons. The fraction of sp³-hybridized carbons (Fsp3) is 0.300. The van der Waals surface area contributed by atoms with E-state index in [1.54, 1.807) is 51.2 Å². The smallest absolute Gasteiger partial charge is 0.376 e. The fourth-order valence-corrected chi connectivity index (χ4v) is 4.10. The van der Waals surface area contributed by atoms with Crippen molar-refractivity contribution in [3.8, 4) is 0 Å². The minimum absolute atomic E-state index is 0.245. The highest BCUT2D eigenvalue weighted by atomic mass is 127. The van der Waals surface area contributed by atoms with Crippen molar-refractivity contribution in [3.63, 3.8) is 0 Å². The van der Waals surface area contributed by atoms with Gasteiger partial charge in [-0.1, -0.05) is 0 Å². The van der Waals surface area contributed by atoms with Crippen LogP contribution >= 0.6 is 67.8 Å². The molecule has 23 heavy (non-hydrogen) atoms. The van der Waals surface area contributed by atoms with Gasteiger partial charge in [-0.3, -0.25) is 0 Å². The van der Waals surface area contributed by atoms with Crippen LogP contribution in [0.15, 0.2) is 12.1 Å². The van der Waals surface area contributed by atoms with Gasteiger partial charge in [0.2, 0.25) is 6.10 Å². The van der Waals surface area contributed by atoms with Crippen molar-refractivity contribution in [2.75, 3.05) is 0 Å². The van der Waals surface area contributed by atoms with Crippen LogP contribution in [0.5, 0.6) is 0 Å². The van der Waals surface area contributed by atoms with Crippen LogP contribution < -0.4 is 0 Å². The lowest BCUT2D eigenvalue weighted by Gasteiger charge is -2.27. The van der Waals surface area contributed by atoms with Gasteiger partial charge in [-0.2, -0.15) is 8.78 Å². The van der Waals surface area contributed by atoms with Crippen molar-refractivity contribution < 1.29 is 40.1 Å². The van der Waals surface area contributed by atoms with Gasteiger partial charge in [0.1, 0.15) is 0 Å². The monoisotopic (exact) mass is 693 g/mol. The van der Waals surface area contributed by atoms with Crippen LogP contribution in [-0.2, 0) is 14.9 Å². The molecule has 0 saturated heterocycles. The Labute approximate surface area is 168 Å². The van der Waals surface area contributed by atoms with Crippen LogP contribution in [0.3, 0.4) is 0 Å². The Morgan fingerprint density at radius 1 is 1.22 bits per heavy atom. The first-order valence-electron chi connectivity index (χ1n) is 5.26. The van der Waals surface area contributed by atoms with Crippen LogP contribution in [0, 0.1) is 10.7 Å². The van der Waals surface area contributed by atoms with Crippen molar-refractivity contribution in [2.24, 2.45) is 0 Å². The number of carbonyl (C=O) groups excluding carboxylic acids is 1. The molecule has 0 amide bonds. The summed E-state index contributed by atoms with van der Waals surface area (Å²) in [5.41, 5.74) is -0.299. The third kappa shape index (κ3) is 5.00. The topological polar surface area (TPSA) is 83.5 Å². The lowest BCUT2D eigenvalue weighted by atomic mass is 10.2. The Hall–Kier alpha value is 0.510. The summed E-state index contributed by atoms with van der Waals surface area (Å²) in [6.45, 7) is 0. The predicted molar refractivity (Wildman–Crippen MR) is 94.4 cm³/mol. The number of hydrogen-bond donors (Lipinski definition) is 0. The molecule has 1 aromatic rings. The number of esters is 1. The van der Waals surface area contributed by atoms with Gasteiger partial charge in [-0.05, 0) is 79.9 Å². The quantitative estimate of drug-likeness (QED) is 0.155. The number of alkyl halides is 4. The summed E-state index contributed by atoms with van der Waals surface area (Å²) in [4.78, 5) is 11.9. The molecule has 0 radical (unpaired) electrons. The SMILES string of the molecule is O=C(OC(C(F)F)C(F)(F)S(=O)(=O)[O-])c1cc(I)cc(I)c1I. The molecule has 0 aliphatic heterocycles. The van der Waals surface area contributed by atoms with Crippen molar-refractivity contribution in [2.45, 2.75) is 17.8 Å². The molecule has 0 N–H and O–H groups in total. The van der Waals surface area contributed by atoms with Gasteiger partial charge >= 0.3 is 11.2 Å². The number of halogens is 7. The maximum atomic E-state index is 13.3. The Balaban J connectivity index is 3.25. The van der Waals surface area contributed by atoms with Gasteiger partial charge in [0.05, 0.1) is 5.56 Å². The third-order valence-electron chi connectivity index (χ3n) is 2.34. The minimum Gasteiger partial charge on any atom is -0.743 e. The molecule has 1 aromatic carbocycles. The molecule has 0 aliphatic carbocycles. The molecule has 1 rings (SSSR count). The van der Waals surface area contributed by atoms with Gasteiger partial charge in [0.25, 0.3) is 6.43 Å². The Kier molecular flexibility index (Phi) is 7.32. The van der Waals surface area contributed by atoms with E-state index in [1.165, 1.54) is 6.07 Å². The summed E-state index contributed by atoms with van der Waals surface area (Å²) in [6, 6.07) is 2.82. The summed E-state index contributed by atoms with van der Waals surface area (Å²) in [6.07, 6.45) is -7.78. The van der Waals surface area contributed by atoms with E-state index in [0.717, 1.165) is 0 Å². The second-order valence-electron chi connectivity index (χ2n) is 3.93. The van der Waals surface area contributed by atoms with Crippen molar-refractivity contribution in [1.29, 1.82) is 0 Å². The highest BCUT2D eigenvalue weighted by molar-refractivity contribution is 14.1. The molecule has 0 bridgehead atoms.